The second kappa shape index (κ2) is 11.3. The first-order valence-electron chi connectivity index (χ1n) is 12.4. The van der Waals surface area contributed by atoms with E-state index in [2.05, 4.69) is 4.98 Å². The molecule has 1 atom stereocenters. The molecule has 0 aliphatic heterocycles. The van der Waals surface area contributed by atoms with E-state index in [1.54, 1.807) is 38.7 Å². The van der Waals surface area contributed by atoms with Crippen LogP contribution in [0.25, 0.3) is 22.0 Å². The number of hydrogen-bond donors (Lipinski definition) is 1. The zero-order valence-electron chi connectivity index (χ0n) is 21.4. The highest BCUT2D eigenvalue weighted by molar-refractivity contribution is 6.31. The molecule has 5 aromatic rings. The van der Waals surface area contributed by atoms with Gasteiger partial charge < -0.3 is 14.6 Å². The summed E-state index contributed by atoms with van der Waals surface area (Å²) in [5.74, 6) is 0. The third-order valence-corrected chi connectivity index (χ3v) is 7.53. The Hall–Kier alpha value is -3.58. The Morgan fingerprint density at radius 1 is 0.974 bits per heavy atom. The Kier molecular flexibility index (Phi) is 8.21. The lowest BCUT2D eigenvalue weighted by Crippen LogP contribution is -2.34. The Balaban J connectivity index is 0.00000353. The van der Waals surface area contributed by atoms with Crippen molar-refractivity contribution >= 4 is 40.1 Å². The Morgan fingerprint density at radius 2 is 1.67 bits per heavy atom. The lowest BCUT2D eigenvalue weighted by Gasteiger charge is -2.30. The number of aryl methyl sites for hydroxylation is 1. The standard InChI is InChI=1S/C30H28Cl2N4O2.CH4/c1-4-35(5-2)29(37)36-18-26(20-7-6-8-24(32)15-20)25-16-22(11-14-27(25)36)30(38,28-17-33-19-34(28)3)21-9-12-23(31)13-10-21;/h6-19,38H,4-5H2,1-3H3;1H4. The molecule has 5 rings (SSSR count). The third kappa shape index (κ3) is 4.96. The maximum absolute atomic E-state index is 13.5. The number of halogens is 2. The van der Waals surface area contributed by atoms with E-state index in [4.69, 9.17) is 23.2 Å². The first kappa shape index (κ1) is 28.4. The van der Waals surface area contributed by atoms with E-state index in [0.29, 0.717) is 40.0 Å². The minimum Gasteiger partial charge on any atom is -0.374 e. The summed E-state index contributed by atoms with van der Waals surface area (Å²) in [6, 6.07) is 20.3. The van der Waals surface area contributed by atoms with Crippen LogP contribution < -0.4 is 0 Å². The zero-order chi connectivity index (χ0) is 27.0. The van der Waals surface area contributed by atoms with Gasteiger partial charge >= 0.3 is 6.03 Å². The maximum atomic E-state index is 13.5. The summed E-state index contributed by atoms with van der Waals surface area (Å²) in [7, 11) is 1.85. The molecule has 6 nitrogen and oxygen atoms in total. The predicted molar refractivity (Wildman–Crippen MR) is 160 cm³/mol. The van der Waals surface area contributed by atoms with E-state index in [9.17, 15) is 9.90 Å². The molecule has 1 unspecified atom stereocenters. The van der Waals surface area contributed by atoms with Gasteiger partial charge in [-0.1, -0.05) is 61.0 Å². The van der Waals surface area contributed by atoms with E-state index < -0.39 is 5.60 Å². The lowest BCUT2D eigenvalue weighted by atomic mass is 9.83. The molecule has 0 radical (unpaired) electrons. The summed E-state index contributed by atoms with van der Waals surface area (Å²) in [4.78, 5) is 19.5. The van der Waals surface area contributed by atoms with Crippen molar-refractivity contribution in [2.75, 3.05) is 13.1 Å². The summed E-state index contributed by atoms with van der Waals surface area (Å²) in [6.07, 6.45) is 5.17. The van der Waals surface area contributed by atoms with Gasteiger partial charge in [0.05, 0.1) is 23.7 Å². The molecule has 202 valence electrons. The second-order valence-electron chi connectivity index (χ2n) is 9.22. The van der Waals surface area contributed by atoms with Gasteiger partial charge in [-0.25, -0.2) is 9.78 Å². The number of aromatic nitrogens is 3. The summed E-state index contributed by atoms with van der Waals surface area (Å²) >= 11 is 12.5. The number of rotatable bonds is 6. The molecule has 0 bridgehead atoms. The van der Waals surface area contributed by atoms with Crippen LogP contribution in [0.5, 0.6) is 0 Å². The van der Waals surface area contributed by atoms with Crippen molar-refractivity contribution in [3.8, 4) is 11.1 Å². The van der Waals surface area contributed by atoms with Crippen LogP contribution in [0, 0.1) is 0 Å². The number of amides is 1. The largest absolute Gasteiger partial charge is 0.374 e. The van der Waals surface area contributed by atoms with Crippen LogP contribution in [0.3, 0.4) is 0 Å². The number of carbonyl (C=O) groups excluding carboxylic acids is 1. The highest BCUT2D eigenvalue weighted by Crippen LogP contribution is 2.40. The number of fused-ring (bicyclic) bond motifs is 1. The predicted octanol–water partition coefficient (Wildman–Crippen LogP) is 7.58. The highest BCUT2D eigenvalue weighted by Gasteiger charge is 2.37. The number of hydrogen-bond acceptors (Lipinski definition) is 3. The van der Waals surface area contributed by atoms with E-state index in [0.717, 1.165) is 22.0 Å². The topological polar surface area (TPSA) is 63.3 Å². The molecule has 0 fully saturated rings. The fourth-order valence-electron chi connectivity index (χ4n) is 5.01. The van der Waals surface area contributed by atoms with Crippen LogP contribution in [0.2, 0.25) is 10.0 Å². The summed E-state index contributed by atoms with van der Waals surface area (Å²) in [6.45, 7) is 5.11. The van der Waals surface area contributed by atoms with Crippen LogP contribution in [-0.2, 0) is 12.6 Å². The number of imidazole rings is 1. The molecule has 0 spiro atoms. The smallest absolute Gasteiger partial charge is 0.328 e. The van der Waals surface area contributed by atoms with Gasteiger partial charge in [-0.2, -0.15) is 0 Å². The highest BCUT2D eigenvalue weighted by atomic mass is 35.5. The lowest BCUT2D eigenvalue weighted by molar-refractivity contribution is 0.117. The molecule has 1 N–H and O–H groups in total. The number of carbonyl (C=O) groups is 1. The summed E-state index contributed by atoms with van der Waals surface area (Å²) in [5.41, 5.74) is 2.81. The number of aliphatic hydroxyl groups is 1. The number of nitrogens with zero attached hydrogens (tertiary/aromatic N) is 4. The van der Waals surface area contributed by atoms with Crippen molar-refractivity contribution in [1.29, 1.82) is 0 Å². The monoisotopic (exact) mass is 562 g/mol. The molecule has 2 aromatic heterocycles. The van der Waals surface area contributed by atoms with Crippen LogP contribution in [0.15, 0.2) is 85.5 Å². The maximum Gasteiger partial charge on any atom is 0.328 e. The third-order valence-electron chi connectivity index (χ3n) is 7.05. The van der Waals surface area contributed by atoms with Gasteiger partial charge in [0.25, 0.3) is 0 Å². The van der Waals surface area contributed by atoms with Gasteiger partial charge in [-0.15, -0.1) is 0 Å². The molecule has 2 heterocycles. The van der Waals surface area contributed by atoms with Crippen molar-refractivity contribution in [1.82, 2.24) is 19.0 Å². The van der Waals surface area contributed by atoms with Gasteiger partial charge in [0.1, 0.15) is 0 Å². The van der Waals surface area contributed by atoms with Gasteiger partial charge in [0, 0.05) is 47.3 Å². The normalized spacial score (nSPS) is 12.7. The fraction of sp³-hybridized carbons (Fsp3) is 0.226. The minimum atomic E-state index is -1.53. The molecular formula is C31H32Cl2N4O2. The van der Waals surface area contributed by atoms with Crippen molar-refractivity contribution < 1.29 is 9.90 Å². The molecule has 0 aliphatic carbocycles. The van der Waals surface area contributed by atoms with Gasteiger partial charge in [-0.3, -0.25) is 4.57 Å². The van der Waals surface area contributed by atoms with Crippen LogP contribution in [-0.4, -0.2) is 43.2 Å². The van der Waals surface area contributed by atoms with Gasteiger partial charge in [-0.05, 0) is 66.9 Å². The molecule has 0 aliphatic rings. The van der Waals surface area contributed by atoms with Crippen molar-refractivity contribution in [2.45, 2.75) is 26.9 Å². The van der Waals surface area contributed by atoms with Crippen molar-refractivity contribution in [3.05, 3.63) is 112 Å². The Morgan fingerprint density at radius 3 is 2.28 bits per heavy atom. The molecule has 39 heavy (non-hydrogen) atoms. The average molecular weight is 564 g/mol. The van der Waals surface area contributed by atoms with E-state index in [-0.39, 0.29) is 13.5 Å². The summed E-state index contributed by atoms with van der Waals surface area (Å²) in [5, 5.41) is 14.4. The molecular weight excluding hydrogens is 531 g/mol. The first-order valence-corrected chi connectivity index (χ1v) is 13.2. The molecule has 8 heteroatoms. The van der Waals surface area contributed by atoms with E-state index in [1.807, 2.05) is 81.7 Å². The van der Waals surface area contributed by atoms with Crippen LogP contribution >= 0.6 is 23.2 Å². The zero-order valence-corrected chi connectivity index (χ0v) is 22.9. The molecule has 0 saturated carbocycles. The average Bonchev–Trinajstić information content (AvgIpc) is 3.53. The van der Waals surface area contributed by atoms with E-state index in [1.165, 1.54) is 0 Å². The number of benzene rings is 3. The Bertz CT molecular complexity index is 1620. The fourth-order valence-corrected chi connectivity index (χ4v) is 5.32. The van der Waals surface area contributed by atoms with Gasteiger partial charge in [0.2, 0.25) is 0 Å². The van der Waals surface area contributed by atoms with Gasteiger partial charge in [0.15, 0.2) is 5.60 Å². The van der Waals surface area contributed by atoms with Crippen LogP contribution in [0.4, 0.5) is 4.79 Å². The molecule has 0 saturated heterocycles. The van der Waals surface area contributed by atoms with Crippen molar-refractivity contribution in [3.63, 3.8) is 0 Å². The van der Waals surface area contributed by atoms with Crippen molar-refractivity contribution in [2.24, 2.45) is 7.05 Å². The Labute approximate surface area is 239 Å². The minimum absolute atomic E-state index is 0. The SMILES string of the molecule is C.CCN(CC)C(=O)n1cc(-c2cccc(Cl)c2)c2cc(C(O)(c3ccc(Cl)cc3)c3cncn3C)ccc21. The van der Waals surface area contributed by atoms with E-state index >= 15 is 0 Å². The second-order valence-corrected chi connectivity index (χ2v) is 10.1. The first-order chi connectivity index (χ1) is 18.3. The summed E-state index contributed by atoms with van der Waals surface area (Å²) < 4.78 is 3.47. The molecule has 1 amide bonds. The quantitative estimate of drug-likeness (QED) is 0.232. The molecule has 3 aromatic carbocycles. The van der Waals surface area contributed by atoms with Crippen LogP contribution in [0.1, 0.15) is 38.1 Å².